The van der Waals surface area contributed by atoms with Gasteiger partial charge in [-0.05, 0) is 68.5 Å². The molecule has 3 rings (SSSR count). The van der Waals surface area contributed by atoms with E-state index in [1.807, 2.05) is 19.1 Å². The molecule has 2 N–H and O–H groups in total. The molecule has 8 heteroatoms. The van der Waals surface area contributed by atoms with Crippen molar-refractivity contribution in [1.29, 1.82) is 0 Å². The zero-order chi connectivity index (χ0) is 24.5. The number of halogens is 1. The molecule has 182 valence electrons. The van der Waals surface area contributed by atoms with Crippen molar-refractivity contribution in [2.75, 3.05) is 33.4 Å². The lowest BCUT2D eigenvalue weighted by Crippen LogP contribution is -2.54. The Morgan fingerprint density at radius 3 is 2.44 bits per heavy atom. The van der Waals surface area contributed by atoms with E-state index in [1.165, 1.54) is 0 Å². The lowest BCUT2D eigenvalue weighted by molar-refractivity contribution is -0.124. The Morgan fingerprint density at radius 1 is 1.09 bits per heavy atom. The summed E-state index contributed by atoms with van der Waals surface area (Å²) in [5.74, 6) is -0.620. The highest BCUT2D eigenvalue weighted by atomic mass is 35.5. The molecule has 1 heterocycles. The third-order valence-corrected chi connectivity index (χ3v) is 6.32. The van der Waals surface area contributed by atoms with E-state index in [0.29, 0.717) is 61.7 Å². The summed E-state index contributed by atoms with van der Waals surface area (Å²) >= 11 is 5.93. The van der Waals surface area contributed by atoms with Crippen LogP contribution in [-0.2, 0) is 9.53 Å². The summed E-state index contributed by atoms with van der Waals surface area (Å²) in [5, 5.41) is 6.46. The highest BCUT2D eigenvalue weighted by Gasteiger charge is 2.34. The summed E-state index contributed by atoms with van der Waals surface area (Å²) in [6.07, 6.45) is 1.92. The van der Waals surface area contributed by atoms with Gasteiger partial charge < -0.3 is 20.3 Å². The Balaban J connectivity index is 1.66. The number of piperidine rings is 1. The van der Waals surface area contributed by atoms with Gasteiger partial charge in [-0.25, -0.2) is 0 Å². The molecule has 1 fully saturated rings. The molecular formula is C26H32ClN3O4. The Morgan fingerprint density at radius 2 is 1.79 bits per heavy atom. The van der Waals surface area contributed by atoms with Crippen LogP contribution in [0.2, 0.25) is 5.02 Å². The van der Waals surface area contributed by atoms with Crippen LogP contribution in [0.3, 0.4) is 0 Å². The number of carbonyl (C=O) groups is 3. The first-order valence-electron chi connectivity index (χ1n) is 11.6. The fourth-order valence-corrected chi connectivity index (χ4v) is 4.28. The molecule has 1 aliphatic rings. The van der Waals surface area contributed by atoms with Gasteiger partial charge in [0.25, 0.3) is 11.8 Å². The molecule has 34 heavy (non-hydrogen) atoms. The van der Waals surface area contributed by atoms with Crippen LogP contribution >= 0.6 is 11.6 Å². The Labute approximate surface area is 205 Å². The quantitative estimate of drug-likeness (QED) is 0.532. The number of nitrogens with one attached hydrogen (secondary N) is 2. The van der Waals surface area contributed by atoms with E-state index in [9.17, 15) is 14.4 Å². The number of amides is 3. The SMILES string of the molecule is COCCCNC(=O)C(NC(=O)c1cccc(C)c1)C1CCN(C(=O)c2ccc(Cl)cc2)CC1. The number of hydrogen-bond donors (Lipinski definition) is 2. The summed E-state index contributed by atoms with van der Waals surface area (Å²) in [5.41, 5.74) is 2.08. The second kappa shape index (κ2) is 12.5. The summed E-state index contributed by atoms with van der Waals surface area (Å²) < 4.78 is 5.05. The number of hydrogen-bond acceptors (Lipinski definition) is 4. The number of nitrogens with zero attached hydrogens (tertiary/aromatic N) is 1. The van der Waals surface area contributed by atoms with Crippen molar-refractivity contribution in [2.24, 2.45) is 5.92 Å². The topological polar surface area (TPSA) is 87.7 Å². The third kappa shape index (κ3) is 7.05. The fraction of sp³-hybridized carbons (Fsp3) is 0.423. The Hall–Kier alpha value is -2.90. The van der Waals surface area contributed by atoms with Gasteiger partial charge in [-0.3, -0.25) is 14.4 Å². The zero-order valence-corrected chi connectivity index (χ0v) is 20.4. The van der Waals surface area contributed by atoms with Gasteiger partial charge in [0.1, 0.15) is 6.04 Å². The van der Waals surface area contributed by atoms with Crippen molar-refractivity contribution < 1.29 is 19.1 Å². The molecule has 1 aliphatic heterocycles. The monoisotopic (exact) mass is 485 g/mol. The Kier molecular flexibility index (Phi) is 9.48. The average molecular weight is 486 g/mol. The van der Waals surface area contributed by atoms with Crippen molar-refractivity contribution in [3.8, 4) is 0 Å². The summed E-state index contributed by atoms with van der Waals surface area (Å²) in [4.78, 5) is 40.6. The molecule has 0 aliphatic carbocycles. The molecule has 1 atom stereocenters. The molecule has 3 amide bonds. The number of rotatable bonds is 9. The van der Waals surface area contributed by atoms with E-state index in [-0.39, 0.29) is 23.6 Å². The number of aryl methyl sites for hydroxylation is 1. The smallest absolute Gasteiger partial charge is 0.253 e. The molecule has 0 bridgehead atoms. The molecule has 0 saturated carbocycles. The maximum atomic E-state index is 13.0. The minimum atomic E-state index is -0.677. The summed E-state index contributed by atoms with van der Waals surface area (Å²) in [6, 6.07) is 13.4. The number of methoxy groups -OCH3 is 1. The molecule has 1 saturated heterocycles. The van der Waals surface area contributed by atoms with Gasteiger partial charge in [-0.2, -0.15) is 0 Å². The van der Waals surface area contributed by atoms with Crippen LogP contribution in [0.15, 0.2) is 48.5 Å². The molecule has 2 aromatic rings. The fourth-order valence-electron chi connectivity index (χ4n) is 4.16. The van der Waals surface area contributed by atoms with E-state index in [2.05, 4.69) is 10.6 Å². The van der Waals surface area contributed by atoms with Crippen molar-refractivity contribution >= 4 is 29.3 Å². The normalized spacial score (nSPS) is 15.0. The van der Waals surface area contributed by atoms with Gasteiger partial charge in [0.2, 0.25) is 5.91 Å². The second-order valence-electron chi connectivity index (χ2n) is 8.59. The van der Waals surface area contributed by atoms with Crippen LogP contribution in [0, 0.1) is 12.8 Å². The largest absolute Gasteiger partial charge is 0.385 e. The van der Waals surface area contributed by atoms with Crippen LogP contribution in [0.4, 0.5) is 0 Å². The predicted molar refractivity (Wildman–Crippen MR) is 132 cm³/mol. The number of likely N-dealkylation sites (tertiary alicyclic amines) is 1. The molecule has 2 aromatic carbocycles. The van der Waals surface area contributed by atoms with E-state index >= 15 is 0 Å². The third-order valence-electron chi connectivity index (χ3n) is 6.06. The van der Waals surface area contributed by atoms with Gasteiger partial charge in [0.05, 0.1) is 0 Å². The van der Waals surface area contributed by atoms with Gasteiger partial charge >= 0.3 is 0 Å². The lowest BCUT2D eigenvalue weighted by Gasteiger charge is -2.36. The maximum absolute atomic E-state index is 13.0. The van der Waals surface area contributed by atoms with E-state index in [1.54, 1.807) is 48.4 Å². The first kappa shape index (κ1) is 25.7. The number of benzene rings is 2. The van der Waals surface area contributed by atoms with Gasteiger partial charge in [-0.15, -0.1) is 0 Å². The average Bonchev–Trinajstić information content (AvgIpc) is 2.85. The van der Waals surface area contributed by atoms with Gasteiger partial charge in [0.15, 0.2) is 0 Å². The van der Waals surface area contributed by atoms with Crippen LogP contribution < -0.4 is 10.6 Å². The minimum absolute atomic E-state index is 0.0560. The van der Waals surface area contributed by atoms with Crippen molar-refractivity contribution in [2.45, 2.75) is 32.2 Å². The van der Waals surface area contributed by atoms with E-state index in [0.717, 1.165) is 5.56 Å². The van der Waals surface area contributed by atoms with Gasteiger partial charge in [0, 0.05) is 49.5 Å². The molecule has 7 nitrogen and oxygen atoms in total. The zero-order valence-electron chi connectivity index (χ0n) is 19.7. The second-order valence-corrected chi connectivity index (χ2v) is 9.03. The number of carbonyl (C=O) groups excluding carboxylic acids is 3. The van der Waals surface area contributed by atoms with E-state index < -0.39 is 6.04 Å². The highest BCUT2D eigenvalue weighted by molar-refractivity contribution is 6.30. The molecule has 0 radical (unpaired) electrons. The Bertz CT molecular complexity index is 988. The lowest BCUT2D eigenvalue weighted by atomic mass is 9.88. The predicted octanol–water partition coefficient (Wildman–Crippen LogP) is 3.45. The molecule has 0 aromatic heterocycles. The standard InChI is InChI=1S/C26H32ClN3O4/c1-18-5-3-6-21(17-18)24(31)29-23(25(32)28-13-4-16-34-2)19-11-14-30(15-12-19)26(33)20-7-9-22(27)10-8-20/h3,5-10,17,19,23H,4,11-16H2,1-2H3,(H,28,32)(H,29,31). The van der Waals surface area contributed by atoms with Crippen LogP contribution in [0.1, 0.15) is 45.5 Å². The number of ether oxygens (including phenoxy) is 1. The van der Waals surface area contributed by atoms with E-state index in [4.69, 9.17) is 16.3 Å². The minimum Gasteiger partial charge on any atom is -0.385 e. The van der Waals surface area contributed by atoms with Crippen LogP contribution in [0.25, 0.3) is 0 Å². The molecule has 1 unspecified atom stereocenters. The summed E-state index contributed by atoms with van der Waals surface area (Å²) in [6.45, 7) is 3.97. The van der Waals surface area contributed by atoms with Crippen LogP contribution in [0.5, 0.6) is 0 Å². The van der Waals surface area contributed by atoms with Crippen molar-refractivity contribution in [3.63, 3.8) is 0 Å². The first-order valence-corrected chi connectivity index (χ1v) is 12.0. The summed E-state index contributed by atoms with van der Waals surface area (Å²) in [7, 11) is 1.62. The van der Waals surface area contributed by atoms with Crippen molar-refractivity contribution in [1.82, 2.24) is 15.5 Å². The molecular weight excluding hydrogens is 454 g/mol. The van der Waals surface area contributed by atoms with Crippen molar-refractivity contribution in [3.05, 3.63) is 70.2 Å². The highest BCUT2D eigenvalue weighted by Crippen LogP contribution is 2.23. The molecule has 0 spiro atoms. The first-order chi connectivity index (χ1) is 16.4. The van der Waals surface area contributed by atoms with Crippen LogP contribution in [-0.4, -0.2) is 62.0 Å². The maximum Gasteiger partial charge on any atom is 0.253 e. The van der Waals surface area contributed by atoms with Gasteiger partial charge in [-0.1, -0.05) is 29.3 Å².